The molecule has 0 aromatic heterocycles. The first-order valence-electron chi connectivity index (χ1n) is 14.1. The molecule has 0 fully saturated rings. The maximum absolute atomic E-state index is 15.4. The molecule has 0 bridgehead atoms. The minimum atomic E-state index is -7.22. The van der Waals surface area contributed by atoms with Gasteiger partial charge in [0.1, 0.15) is 52.7 Å². The molecule has 0 saturated carbocycles. The molecule has 0 heterocycles. The average Bonchev–Trinajstić information content (AvgIpc) is 3.12. The minimum absolute atomic E-state index is 0. The zero-order chi connectivity index (χ0) is 40.1. The molecule has 54 heavy (non-hydrogen) atoms. The van der Waals surface area contributed by atoms with Crippen LogP contribution in [0.15, 0.2) is 0 Å². The molecule has 0 amide bonds. The van der Waals surface area contributed by atoms with Crippen LogP contribution in [0.1, 0.15) is 20.8 Å². The van der Waals surface area contributed by atoms with Gasteiger partial charge in [0.2, 0.25) is 0 Å². The van der Waals surface area contributed by atoms with E-state index in [1.54, 1.807) is 0 Å². The van der Waals surface area contributed by atoms with Gasteiger partial charge in [-0.15, -0.1) is 21.9 Å². The molecular formula is C30H20BF20GeO2. The van der Waals surface area contributed by atoms with Crippen LogP contribution in [-0.4, -0.2) is 26.0 Å². The smallest absolute Gasteiger partial charge is 0.200 e. The van der Waals surface area contributed by atoms with Crippen molar-refractivity contribution in [1.29, 1.82) is 0 Å². The van der Waals surface area contributed by atoms with Crippen molar-refractivity contribution >= 4 is 42.3 Å². The fraction of sp³-hybridized carbons (Fsp3) is 0.200. The first kappa shape index (κ1) is 48.0. The molecule has 24 heteroatoms. The van der Waals surface area contributed by atoms with Gasteiger partial charge in [-0.1, -0.05) is 0 Å². The van der Waals surface area contributed by atoms with Crippen LogP contribution < -0.4 is 21.9 Å². The summed E-state index contributed by atoms with van der Waals surface area (Å²) in [5.41, 5.74) is -14.3. The van der Waals surface area contributed by atoms with E-state index in [0.29, 0.717) is 0 Å². The third-order valence-electron chi connectivity index (χ3n) is 8.21. The second kappa shape index (κ2) is 17.6. The number of rotatable bonds is 7. The van der Waals surface area contributed by atoms with Crippen LogP contribution in [0.4, 0.5) is 87.8 Å². The maximum atomic E-state index is 15.4. The molecule has 299 valence electrons. The van der Waals surface area contributed by atoms with Crippen molar-refractivity contribution in [3.63, 3.8) is 0 Å². The van der Waals surface area contributed by atoms with Gasteiger partial charge in [-0.25, -0.2) is 87.8 Å². The Morgan fingerprint density at radius 2 is 0.389 bits per heavy atom. The zero-order valence-electron chi connectivity index (χ0n) is 26.8. The molecule has 5 N–H and O–H groups in total. The summed E-state index contributed by atoms with van der Waals surface area (Å²) >= 11 is -0.403. The molecule has 1 radical (unpaired) electrons. The van der Waals surface area contributed by atoms with Gasteiger partial charge in [-0.3, -0.25) is 0 Å². The quantitative estimate of drug-likeness (QED) is 0.0658. The Labute approximate surface area is 294 Å². The molecule has 4 rings (SSSR count). The molecule has 0 unspecified atom stereocenters. The van der Waals surface area contributed by atoms with Gasteiger partial charge in [0.05, 0.1) is 0 Å². The number of hydrogen-bond donors (Lipinski definition) is 0. The van der Waals surface area contributed by atoms with Crippen molar-refractivity contribution in [3.8, 4) is 0 Å². The van der Waals surface area contributed by atoms with Gasteiger partial charge in [-0.2, -0.15) is 0 Å². The standard InChI is InChI=1S/C24BF20.C6H15Ge.2H2O/c26-5-1(6(27)14(35)21(42)13(5)34)25(2-7(28)15(36)22(43)16(37)8(2)29,3-9(30)17(38)23(44)18(39)10(3)31)4-11(32)19(40)24(45)20(41)12(4)33;1-4-7(5-2)6-3;;/h;4-6H2,1-3H3;2*1H2/q-1;;;/p+1. The van der Waals surface area contributed by atoms with Crippen LogP contribution in [0.25, 0.3) is 0 Å². The van der Waals surface area contributed by atoms with Crippen LogP contribution in [0.2, 0.25) is 15.8 Å². The summed E-state index contributed by atoms with van der Waals surface area (Å²) in [5, 5.41) is 4.56. The molecule has 0 aliphatic rings. The van der Waals surface area contributed by atoms with Crippen molar-refractivity contribution in [2.24, 2.45) is 0 Å². The molecule has 0 spiro atoms. The Kier molecular flexibility index (Phi) is 15.7. The molecule has 4 aromatic carbocycles. The van der Waals surface area contributed by atoms with E-state index in [0.717, 1.165) is 0 Å². The van der Waals surface area contributed by atoms with E-state index >= 15 is 35.1 Å². The van der Waals surface area contributed by atoms with Crippen LogP contribution in [-0.2, 0) is 5.48 Å². The summed E-state index contributed by atoms with van der Waals surface area (Å²) in [6, 6.07) is 0. The SMILES string of the molecule is C[CH2][Ge]([CH2]C)[CH2]C.Fc1c(F)c(F)c([B-](c2c(F)c(F)c(F)c(F)c2F)(c2c(F)c(F)c(F)c(F)c2F)c2c(F)c(F)c(F)c(F)c2F)c(F)c1F.O.[OH3+]. The Hall–Kier alpha value is -3.99. The summed E-state index contributed by atoms with van der Waals surface area (Å²) < 4.78 is 294. The molecule has 0 aliphatic carbocycles. The second-order valence-corrected chi connectivity index (χ2v) is 18.2. The minimum Gasteiger partial charge on any atom is -0.457 e. The Morgan fingerprint density at radius 1 is 0.278 bits per heavy atom. The topological polar surface area (TPSA) is 64.5 Å². The molecule has 4 aromatic rings. The summed E-state index contributed by atoms with van der Waals surface area (Å²) in [6.07, 6.45) is -7.22. The monoisotopic (exact) mass is 877 g/mol. The molecular weight excluding hydrogens is 856 g/mol. The zero-order valence-corrected chi connectivity index (χ0v) is 28.9. The summed E-state index contributed by atoms with van der Waals surface area (Å²) in [4.78, 5) is 0. The van der Waals surface area contributed by atoms with Crippen LogP contribution >= 0.6 is 0 Å². The molecule has 0 atom stereocenters. The second-order valence-electron chi connectivity index (χ2n) is 10.6. The van der Waals surface area contributed by atoms with Crippen LogP contribution in [0.5, 0.6) is 0 Å². The van der Waals surface area contributed by atoms with E-state index in [9.17, 15) is 52.7 Å². The van der Waals surface area contributed by atoms with E-state index in [4.69, 9.17) is 0 Å². The third-order valence-corrected chi connectivity index (χ3v) is 14.5. The third kappa shape index (κ3) is 7.13. The fourth-order valence-corrected chi connectivity index (χ4v) is 8.77. The van der Waals surface area contributed by atoms with Gasteiger partial charge in [-0.05, 0) is 0 Å². The van der Waals surface area contributed by atoms with Crippen LogP contribution in [0, 0.1) is 116 Å². The Morgan fingerprint density at radius 3 is 0.481 bits per heavy atom. The van der Waals surface area contributed by atoms with E-state index in [-0.39, 0.29) is 11.0 Å². The number of halogens is 20. The van der Waals surface area contributed by atoms with E-state index < -0.39 is 159 Å². The van der Waals surface area contributed by atoms with Gasteiger partial charge in [0, 0.05) is 0 Å². The van der Waals surface area contributed by atoms with Crippen molar-refractivity contribution in [3.05, 3.63) is 116 Å². The normalized spacial score (nSPS) is 11.3. The molecule has 0 aliphatic heterocycles. The predicted octanol–water partition coefficient (Wildman–Crippen LogP) is 6.64. The largest absolute Gasteiger partial charge is 0.457 e. The Bertz CT molecular complexity index is 1690. The van der Waals surface area contributed by atoms with Gasteiger partial charge < -0.3 is 11.0 Å². The van der Waals surface area contributed by atoms with Gasteiger partial charge in [0.15, 0.2) is 69.8 Å². The molecule has 2 nitrogen and oxygen atoms in total. The average molecular weight is 876 g/mol. The maximum Gasteiger partial charge on any atom is 0.200 e. The van der Waals surface area contributed by atoms with Crippen molar-refractivity contribution in [2.45, 2.75) is 36.5 Å². The summed E-state index contributed by atoms with van der Waals surface area (Å²) in [7, 11) is 0. The fourth-order valence-electron chi connectivity index (χ4n) is 5.62. The van der Waals surface area contributed by atoms with E-state index in [1.807, 2.05) is 0 Å². The van der Waals surface area contributed by atoms with E-state index in [2.05, 4.69) is 20.8 Å². The van der Waals surface area contributed by atoms with Gasteiger partial charge in [0.25, 0.3) is 0 Å². The number of benzene rings is 4. The van der Waals surface area contributed by atoms with E-state index in [1.165, 1.54) is 15.8 Å². The van der Waals surface area contributed by atoms with Crippen molar-refractivity contribution < 1.29 is 98.8 Å². The first-order valence-corrected chi connectivity index (χ1v) is 18.6. The van der Waals surface area contributed by atoms with Crippen molar-refractivity contribution in [1.82, 2.24) is 0 Å². The predicted molar refractivity (Wildman–Crippen MR) is 155 cm³/mol. The van der Waals surface area contributed by atoms with Gasteiger partial charge >= 0.3 is 50.9 Å². The summed E-state index contributed by atoms with van der Waals surface area (Å²) in [5.74, 6) is -71.4. The van der Waals surface area contributed by atoms with Crippen molar-refractivity contribution in [2.75, 3.05) is 0 Å². The molecule has 0 saturated heterocycles. The first-order chi connectivity index (χ1) is 24.0. The summed E-state index contributed by atoms with van der Waals surface area (Å²) in [6.45, 7) is 7.01. The number of hydrogen-bond acceptors (Lipinski definition) is 0. The Balaban J connectivity index is 0.00000147. The van der Waals surface area contributed by atoms with Crippen LogP contribution in [0.3, 0.4) is 0 Å².